The van der Waals surface area contributed by atoms with Gasteiger partial charge in [0.1, 0.15) is 0 Å². The fourth-order valence-corrected chi connectivity index (χ4v) is 3.71. The summed E-state index contributed by atoms with van der Waals surface area (Å²) >= 11 is 11.7. The molecule has 2 aromatic carbocycles. The molecule has 0 aliphatic rings. The number of nitrogens with one attached hydrogen (secondary N) is 1. The van der Waals surface area contributed by atoms with Gasteiger partial charge in [-0.25, -0.2) is 13.4 Å². The largest absolute Gasteiger partial charge is 0.331 e. The van der Waals surface area contributed by atoms with E-state index in [9.17, 15) is 13.2 Å². The van der Waals surface area contributed by atoms with Crippen molar-refractivity contribution in [2.75, 3.05) is 4.72 Å². The molecule has 0 atom stereocenters. The summed E-state index contributed by atoms with van der Waals surface area (Å²) in [6.07, 6.45) is 3.21. The Labute approximate surface area is 160 Å². The maximum atomic E-state index is 12.4. The lowest BCUT2D eigenvalue weighted by molar-refractivity contribution is 0.102. The number of sulfonamides is 1. The van der Waals surface area contributed by atoms with Gasteiger partial charge in [-0.05, 0) is 42.5 Å². The van der Waals surface area contributed by atoms with E-state index < -0.39 is 10.0 Å². The molecule has 0 amide bonds. The number of nitrogens with zero attached hydrogens (tertiary/aromatic N) is 2. The molecule has 6 nitrogen and oxygen atoms in total. The first-order valence-corrected chi connectivity index (χ1v) is 9.62. The van der Waals surface area contributed by atoms with Crippen molar-refractivity contribution in [2.24, 2.45) is 7.05 Å². The monoisotopic (exact) mass is 409 g/mol. The number of hydrogen-bond acceptors (Lipinski definition) is 4. The van der Waals surface area contributed by atoms with Crippen LogP contribution in [-0.4, -0.2) is 23.8 Å². The third kappa shape index (κ3) is 3.75. The van der Waals surface area contributed by atoms with E-state index in [1.807, 2.05) is 0 Å². The molecule has 0 saturated heterocycles. The number of imidazole rings is 1. The number of aromatic nitrogens is 2. The van der Waals surface area contributed by atoms with Crippen LogP contribution in [0.4, 0.5) is 5.69 Å². The van der Waals surface area contributed by atoms with Gasteiger partial charge in [0.25, 0.3) is 10.0 Å². The summed E-state index contributed by atoms with van der Waals surface area (Å²) in [5, 5.41) is 0.410. The molecule has 134 valence electrons. The predicted molar refractivity (Wildman–Crippen MR) is 100 cm³/mol. The fourth-order valence-electron chi connectivity index (χ4n) is 2.26. The molecule has 1 N–H and O–H groups in total. The van der Waals surface area contributed by atoms with Crippen molar-refractivity contribution in [2.45, 2.75) is 4.90 Å². The number of carbonyl (C=O) groups excluding carboxylic acids is 1. The molecule has 3 rings (SSSR count). The molecule has 9 heteroatoms. The maximum absolute atomic E-state index is 12.4. The van der Waals surface area contributed by atoms with Crippen molar-refractivity contribution in [3.63, 3.8) is 0 Å². The van der Waals surface area contributed by atoms with Crippen LogP contribution in [0.15, 0.2) is 59.8 Å². The van der Waals surface area contributed by atoms with Gasteiger partial charge in [0, 0.05) is 30.7 Å². The van der Waals surface area contributed by atoms with E-state index in [0.29, 0.717) is 17.1 Å². The smallest absolute Gasteiger partial charge is 0.261 e. The van der Waals surface area contributed by atoms with Crippen molar-refractivity contribution in [3.8, 4) is 0 Å². The average Bonchev–Trinajstić information content (AvgIpc) is 3.03. The van der Waals surface area contributed by atoms with Crippen molar-refractivity contribution in [1.82, 2.24) is 9.55 Å². The van der Waals surface area contributed by atoms with Gasteiger partial charge in [0.15, 0.2) is 5.82 Å². The molecule has 0 unspecified atom stereocenters. The molecule has 0 aliphatic carbocycles. The quantitative estimate of drug-likeness (QED) is 0.650. The SMILES string of the molecule is Cn1ccnc1C(=O)c1ccc(NS(=O)(=O)c2ccc(Cl)c(Cl)c2)cc1. The average molecular weight is 410 g/mol. The van der Waals surface area contributed by atoms with Gasteiger partial charge in [0.2, 0.25) is 5.78 Å². The highest BCUT2D eigenvalue weighted by molar-refractivity contribution is 7.92. The van der Waals surface area contributed by atoms with Crippen molar-refractivity contribution >= 4 is 44.7 Å². The van der Waals surface area contributed by atoms with Crippen LogP contribution < -0.4 is 4.72 Å². The lowest BCUT2D eigenvalue weighted by Gasteiger charge is -2.09. The molecule has 0 saturated carbocycles. The predicted octanol–water partition coefficient (Wildman–Crippen LogP) is 3.76. The molecular formula is C17H13Cl2N3O3S. The van der Waals surface area contributed by atoms with Crippen LogP contribution in [0.1, 0.15) is 16.2 Å². The highest BCUT2D eigenvalue weighted by atomic mass is 35.5. The number of aryl methyl sites for hydroxylation is 1. The molecule has 1 heterocycles. The summed E-state index contributed by atoms with van der Waals surface area (Å²) in [5.74, 6) is 0.0468. The number of halogens is 2. The van der Waals surface area contributed by atoms with E-state index in [1.165, 1.54) is 48.7 Å². The summed E-state index contributed by atoms with van der Waals surface area (Å²) in [6, 6.07) is 10.1. The number of carbonyl (C=O) groups is 1. The molecule has 1 aromatic heterocycles. The molecule has 3 aromatic rings. The lowest BCUT2D eigenvalue weighted by Crippen LogP contribution is -2.13. The van der Waals surface area contributed by atoms with Crippen LogP contribution in [0, 0.1) is 0 Å². The van der Waals surface area contributed by atoms with Gasteiger partial charge in [-0.15, -0.1) is 0 Å². The Morgan fingerprint density at radius 1 is 1.08 bits per heavy atom. The van der Waals surface area contributed by atoms with Crippen LogP contribution in [0.5, 0.6) is 0 Å². The van der Waals surface area contributed by atoms with Gasteiger partial charge in [-0.3, -0.25) is 9.52 Å². The molecular weight excluding hydrogens is 397 g/mol. The van der Waals surface area contributed by atoms with Crippen LogP contribution >= 0.6 is 23.2 Å². The number of hydrogen-bond donors (Lipinski definition) is 1. The Morgan fingerprint density at radius 2 is 1.77 bits per heavy atom. The van der Waals surface area contributed by atoms with E-state index in [4.69, 9.17) is 23.2 Å². The summed E-state index contributed by atoms with van der Waals surface area (Å²) in [5.41, 5.74) is 0.712. The van der Waals surface area contributed by atoms with Gasteiger partial charge in [-0.2, -0.15) is 0 Å². The molecule has 0 radical (unpaired) electrons. The zero-order chi connectivity index (χ0) is 18.9. The second kappa shape index (κ2) is 7.11. The molecule has 0 aliphatic heterocycles. The Hall–Kier alpha value is -2.35. The summed E-state index contributed by atoms with van der Waals surface area (Å²) in [4.78, 5) is 16.4. The highest BCUT2D eigenvalue weighted by Gasteiger charge is 2.17. The van der Waals surface area contributed by atoms with Crippen molar-refractivity contribution in [3.05, 3.63) is 76.3 Å². The summed E-state index contributed by atoms with van der Waals surface area (Å²) in [7, 11) is -2.11. The second-order valence-electron chi connectivity index (χ2n) is 5.45. The first-order chi connectivity index (χ1) is 12.3. The summed E-state index contributed by atoms with van der Waals surface area (Å²) in [6.45, 7) is 0. The zero-order valence-electron chi connectivity index (χ0n) is 13.5. The summed E-state index contributed by atoms with van der Waals surface area (Å²) < 4.78 is 28.9. The Morgan fingerprint density at radius 3 is 2.35 bits per heavy atom. The normalized spacial score (nSPS) is 11.3. The van der Waals surface area contributed by atoms with Gasteiger partial charge >= 0.3 is 0 Å². The van der Waals surface area contributed by atoms with E-state index in [1.54, 1.807) is 17.8 Å². The number of benzene rings is 2. The lowest BCUT2D eigenvalue weighted by atomic mass is 10.1. The van der Waals surface area contributed by atoms with E-state index in [2.05, 4.69) is 9.71 Å². The van der Waals surface area contributed by atoms with E-state index in [0.717, 1.165) is 0 Å². The zero-order valence-corrected chi connectivity index (χ0v) is 15.8. The third-order valence-electron chi connectivity index (χ3n) is 3.62. The Balaban J connectivity index is 1.81. The van der Waals surface area contributed by atoms with Gasteiger partial charge < -0.3 is 4.57 Å². The van der Waals surface area contributed by atoms with Crippen LogP contribution in [0.3, 0.4) is 0 Å². The molecule has 0 bridgehead atoms. The van der Waals surface area contributed by atoms with Crippen molar-refractivity contribution in [1.29, 1.82) is 0 Å². The first kappa shape index (κ1) is 18.4. The fraction of sp³-hybridized carbons (Fsp3) is 0.0588. The minimum absolute atomic E-state index is 0.0138. The number of anilines is 1. The molecule has 0 fully saturated rings. The standard InChI is InChI=1S/C17H13Cl2N3O3S/c1-22-9-8-20-17(22)16(23)11-2-4-12(5-3-11)21-26(24,25)13-6-7-14(18)15(19)10-13/h2-10,21H,1H3. The minimum Gasteiger partial charge on any atom is -0.331 e. The topological polar surface area (TPSA) is 81.1 Å². The third-order valence-corrected chi connectivity index (χ3v) is 5.74. The van der Waals surface area contributed by atoms with E-state index >= 15 is 0 Å². The van der Waals surface area contributed by atoms with Crippen LogP contribution in [0.2, 0.25) is 10.0 Å². The van der Waals surface area contributed by atoms with Gasteiger partial charge in [0.05, 0.1) is 14.9 Å². The minimum atomic E-state index is -3.83. The Kier molecular flexibility index (Phi) is 5.04. The van der Waals surface area contributed by atoms with Gasteiger partial charge in [-0.1, -0.05) is 23.2 Å². The number of ketones is 1. The molecule has 26 heavy (non-hydrogen) atoms. The van der Waals surface area contributed by atoms with Crippen LogP contribution in [0.25, 0.3) is 0 Å². The van der Waals surface area contributed by atoms with E-state index in [-0.39, 0.29) is 20.7 Å². The molecule has 0 spiro atoms. The van der Waals surface area contributed by atoms with Crippen LogP contribution in [-0.2, 0) is 17.1 Å². The van der Waals surface area contributed by atoms with Crippen molar-refractivity contribution < 1.29 is 13.2 Å². The first-order valence-electron chi connectivity index (χ1n) is 7.38. The Bertz CT molecular complexity index is 1080. The maximum Gasteiger partial charge on any atom is 0.261 e. The second-order valence-corrected chi connectivity index (χ2v) is 7.95. The highest BCUT2D eigenvalue weighted by Crippen LogP contribution is 2.26. The number of rotatable bonds is 5.